The minimum Gasteiger partial charge on any atom is -0.452 e. The number of amides is 1. The Morgan fingerprint density at radius 1 is 1.15 bits per heavy atom. The fraction of sp³-hybridized carbons (Fsp3) is 0.176. The van der Waals surface area contributed by atoms with Crippen molar-refractivity contribution in [2.45, 2.75) is 9.79 Å². The Balaban J connectivity index is 1.80. The molecule has 0 fully saturated rings. The van der Waals surface area contributed by atoms with Crippen molar-refractivity contribution in [3.63, 3.8) is 0 Å². The van der Waals surface area contributed by atoms with Gasteiger partial charge in [-0.15, -0.1) is 11.8 Å². The van der Waals surface area contributed by atoms with E-state index < -0.39 is 44.8 Å². The second-order valence-electron chi connectivity index (χ2n) is 5.27. The van der Waals surface area contributed by atoms with Crippen LogP contribution >= 0.6 is 11.8 Å². The lowest BCUT2D eigenvalue weighted by molar-refractivity contribution is -0.124. The van der Waals surface area contributed by atoms with Crippen molar-refractivity contribution in [3.8, 4) is 0 Å². The van der Waals surface area contributed by atoms with Crippen molar-refractivity contribution in [3.05, 3.63) is 59.9 Å². The van der Waals surface area contributed by atoms with E-state index in [2.05, 4.69) is 5.32 Å². The molecule has 1 amide bonds. The standard InChI is InChI=1S/C17H17FN2O5S2/c18-15-7-6-13(27(19,23)24)10-14(15)17(22)25-11-16(21)20-8-9-26-12-4-2-1-3-5-12/h1-7,10H,8-9,11H2,(H,20,21)(H2,19,23,24). The lowest BCUT2D eigenvalue weighted by atomic mass is 10.2. The number of rotatable bonds is 8. The molecule has 0 saturated heterocycles. The average Bonchev–Trinajstić information content (AvgIpc) is 2.63. The van der Waals surface area contributed by atoms with Gasteiger partial charge in [0.2, 0.25) is 10.0 Å². The van der Waals surface area contributed by atoms with E-state index in [0.29, 0.717) is 12.3 Å². The van der Waals surface area contributed by atoms with E-state index in [1.165, 1.54) is 0 Å². The highest BCUT2D eigenvalue weighted by molar-refractivity contribution is 7.99. The molecule has 144 valence electrons. The summed E-state index contributed by atoms with van der Waals surface area (Å²) in [4.78, 5) is 24.2. The fourth-order valence-corrected chi connectivity index (χ4v) is 3.30. The predicted octanol–water partition coefficient (Wildman–Crippen LogP) is 1.54. The molecule has 0 aliphatic heterocycles. The molecule has 2 aromatic rings. The van der Waals surface area contributed by atoms with E-state index in [9.17, 15) is 22.4 Å². The molecule has 0 aliphatic carbocycles. The van der Waals surface area contributed by atoms with Crippen LogP contribution in [0.2, 0.25) is 0 Å². The molecule has 0 aromatic heterocycles. The van der Waals surface area contributed by atoms with Gasteiger partial charge >= 0.3 is 5.97 Å². The van der Waals surface area contributed by atoms with E-state index in [1.807, 2.05) is 30.3 Å². The highest BCUT2D eigenvalue weighted by atomic mass is 32.2. The first kappa shape index (κ1) is 20.9. The zero-order valence-electron chi connectivity index (χ0n) is 14.1. The molecule has 0 aliphatic rings. The number of halogens is 1. The Labute approximate surface area is 160 Å². The molecule has 0 spiro atoms. The van der Waals surface area contributed by atoms with E-state index in [4.69, 9.17) is 9.88 Å². The number of carbonyl (C=O) groups excluding carboxylic acids is 2. The Bertz CT molecular complexity index is 920. The van der Waals surface area contributed by atoms with Crippen molar-refractivity contribution in [2.24, 2.45) is 5.14 Å². The van der Waals surface area contributed by atoms with Gasteiger partial charge in [0.25, 0.3) is 5.91 Å². The van der Waals surface area contributed by atoms with Gasteiger partial charge in [0.15, 0.2) is 6.61 Å². The number of ether oxygens (including phenoxy) is 1. The van der Waals surface area contributed by atoms with Crippen LogP contribution in [0.25, 0.3) is 0 Å². The number of nitrogens with one attached hydrogen (secondary N) is 1. The maximum Gasteiger partial charge on any atom is 0.341 e. The Morgan fingerprint density at radius 3 is 2.52 bits per heavy atom. The third kappa shape index (κ3) is 6.66. The van der Waals surface area contributed by atoms with Gasteiger partial charge in [-0.2, -0.15) is 0 Å². The molecule has 0 heterocycles. The molecule has 2 rings (SSSR count). The van der Waals surface area contributed by atoms with Crippen molar-refractivity contribution in [1.82, 2.24) is 5.32 Å². The molecule has 3 N–H and O–H groups in total. The molecule has 0 atom stereocenters. The molecular weight excluding hydrogens is 395 g/mol. The molecule has 2 aromatic carbocycles. The SMILES string of the molecule is NS(=O)(=O)c1ccc(F)c(C(=O)OCC(=O)NCCSc2ccccc2)c1. The highest BCUT2D eigenvalue weighted by Gasteiger charge is 2.18. The second kappa shape index (κ2) is 9.49. The van der Waals surface area contributed by atoms with E-state index in [-0.39, 0.29) is 0 Å². The summed E-state index contributed by atoms with van der Waals surface area (Å²) in [6, 6.07) is 12.1. The van der Waals surface area contributed by atoms with Gasteiger partial charge in [-0.3, -0.25) is 4.79 Å². The van der Waals surface area contributed by atoms with E-state index in [0.717, 1.165) is 23.1 Å². The van der Waals surface area contributed by atoms with Crippen LogP contribution in [0.4, 0.5) is 4.39 Å². The molecule has 0 radical (unpaired) electrons. The summed E-state index contributed by atoms with van der Waals surface area (Å²) < 4.78 is 41.0. The van der Waals surface area contributed by atoms with Gasteiger partial charge in [0, 0.05) is 17.2 Å². The van der Waals surface area contributed by atoms with Gasteiger partial charge in [-0.1, -0.05) is 18.2 Å². The number of benzene rings is 2. The van der Waals surface area contributed by atoms with Crippen molar-refractivity contribution >= 4 is 33.7 Å². The number of nitrogens with two attached hydrogens (primary N) is 1. The van der Waals surface area contributed by atoms with Gasteiger partial charge in [0.1, 0.15) is 5.82 Å². The highest BCUT2D eigenvalue weighted by Crippen LogP contribution is 2.16. The summed E-state index contributed by atoms with van der Waals surface area (Å²) >= 11 is 1.55. The third-order valence-electron chi connectivity index (χ3n) is 3.26. The van der Waals surface area contributed by atoms with Gasteiger partial charge < -0.3 is 10.1 Å². The maximum atomic E-state index is 13.7. The van der Waals surface area contributed by atoms with Crippen LogP contribution in [0.3, 0.4) is 0 Å². The van der Waals surface area contributed by atoms with Crippen LogP contribution < -0.4 is 10.5 Å². The zero-order valence-corrected chi connectivity index (χ0v) is 15.7. The third-order valence-corrected chi connectivity index (χ3v) is 5.18. The molecule has 10 heteroatoms. The molecule has 0 saturated carbocycles. The summed E-state index contributed by atoms with van der Waals surface area (Å²) in [5.41, 5.74) is -0.617. The summed E-state index contributed by atoms with van der Waals surface area (Å²) in [6.45, 7) is -0.265. The molecule has 0 unspecified atom stereocenters. The summed E-state index contributed by atoms with van der Waals surface area (Å²) in [5.74, 6) is -2.08. The van der Waals surface area contributed by atoms with Crippen LogP contribution in [0.5, 0.6) is 0 Å². The fourth-order valence-electron chi connectivity index (χ4n) is 1.97. The smallest absolute Gasteiger partial charge is 0.341 e. The Hall–Kier alpha value is -2.43. The van der Waals surface area contributed by atoms with Crippen molar-refractivity contribution < 1.29 is 27.1 Å². The first-order chi connectivity index (χ1) is 12.8. The lowest BCUT2D eigenvalue weighted by Gasteiger charge is -2.08. The quantitative estimate of drug-likeness (QED) is 0.386. The number of esters is 1. The van der Waals surface area contributed by atoms with Gasteiger partial charge in [-0.05, 0) is 30.3 Å². The molecule has 7 nitrogen and oxygen atoms in total. The predicted molar refractivity (Wildman–Crippen MR) is 98.2 cm³/mol. The largest absolute Gasteiger partial charge is 0.452 e. The van der Waals surface area contributed by atoms with Crippen LogP contribution in [0, 0.1) is 5.82 Å². The number of thioether (sulfide) groups is 1. The molecular formula is C17H17FN2O5S2. The van der Waals surface area contributed by atoms with Crippen molar-refractivity contribution in [2.75, 3.05) is 18.9 Å². The first-order valence-electron chi connectivity index (χ1n) is 7.71. The lowest BCUT2D eigenvalue weighted by Crippen LogP contribution is -2.30. The summed E-state index contributed by atoms with van der Waals surface area (Å²) in [7, 11) is -4.10. The second-order valence-corrected chi connectivity index (χ2v) is 8.00. The Kier molecular flexibility index (Phi) is 7.34. The van der Waals surface area contributed by atoms with Crippen LogP contribution in [-0.2, 0) is 19.6 Å². The van der Waals surface area contributed by atoms with E-state index >= 15 is 0 Å². The number of hydrogen-bond acceptors (Lipinski definition) is 6. The van der Waals surface area contributed by atoms with Gasteiger partial charge in [-0.25, -0.2) is 22.7 Å². The minimum atomic E-state index is -4.10. The summed E-state index contributed by atoms with van der Waals surface area (Å²) in [6.07, 6.45) is 0. The van der Waals surface area contributed by atoms with Crippen molar-refractivity contribution in [1.29, 1.82) is 0 Å². The minimum absolute atomic E-state index is 0.352. The normalized spacial score (nSPS) is 11.0. The monoisotopic (exact) mass is 412 g/mol. The van der Waals surface area contributed by atoms with Crippen LogP contribution in [-0.4, -0.2) is 39.2 Å². The average molecular weight is 412 g/mol. The molecule has 0 bridgehead atoms. The zero-order chi connectivity index (χ0) is 19.9. The number of sulfonamides is 1. The molecule has 27 heavy (non-hydrogen) atoms. The van der Waals surface area contributed by atoms with Crippen LogP contribution in [0.1, 0.15) is 10.4 Å². The number of hydrogen-bond donors (Lipinski definition) is 2. The number of primary sulfonamides is 1. The first-order valence-corrected chi connectivity index (χ1v) is 10.2. The number of carbonyl (C=O) groups is 2. The summed E-state index contributed by atoms with van der Waals surface area (Å²) in [5, 5.41) is 7.50. The van der Waals surface area contributed by atoms with Gasteiger partial charge in [0.05, 0.1) is 10.5 Å². The van der Waals surface area contributed by atoms with Crippen LogP contribution in [0.15, 0.2) is 58.3 Å². The Morgan fingerprint density at radius 2 is 1.85 bits per heavy atom. The maximum absolute atomic E-state index is 13.7. The van der Waals surface area contributed by atoms with E-state index in [1.54, 1.807) is 11.8 Å². The topological polar surface area (TPSA) is 116 Å².